The number of hydrogen-bond donors (Lipinski definition) is 1. The van der Waals surface area contributed by atoms with E-state index in [2.05, 4.69) is 52.4 Å². The largest absolute Gasteiger partial charge is 0.492 e. The van der Waals surface area contributed by atoms with Gasteiger partial charge in [0, 0.05) is 45.9 Å². The molecule has 0 atom stereocenters. The summed E-state index contributed by atoms with van der Waals surface area (Å²) in [5.74, 6) is 1.91. The molecule has 0 radical (unpaired) electrons. The van der Waals surface area contributed by atoms with Gasteiger partial charge in [-0.05, 0) is 37.6 Å². The first-order chi connectivity index (χ1) is 12.2. The first-order valence-corrected chi connectivity index (χ1v) is 9.21. The monoisotopic (exact) mass is 346 g/mol. The molecule has 1 N–H and O–H groups in total. The number of nitrogens with zero attached hydrogens (tertiary/aromatic N) is 3. The number of hydrogen-bond acceptors (Lipinski definition) is 6. The lowest BCUT2D eigenvalue weighted by Crippen LogP contribution is -2.38. The van der Waals surface area contributed by atoms with Gasteiger partial charge in [-0.3, -0.25) is 9.89 Å². The van der Waals surface area contributed by atoms with Crippen LogP contribution in [0.4, 0.5) is 0 Å². The van der Waals surface area contributed by atoms with Gasteiger partial charge in [0.15, 0.2) is 5.96 Å². The van der Waals surface area contributed by atoms with Crippen LogP contribution >= 0.6 is 0 Å². The van der Waals surface area contributed by atoms with Crippen molar-refractivity contribution in [1.82, 2.24) is 15.1 Å². The number of nitrogens with one attached hydrogen (secondary N) is 1. The molecule has 25 heavy (non-hydrogen) atoms. The molecule has 0 aliphatic carbocycles. The number of aliphatic imine (C=N–C) groups is 1. The molecule has 1 fully saturated rings. The van der Waals surface area contributed by atoms with Gasteiger partial charge in [-0.1, -0.05) is 12.1 Å². The normalized spacial score (nSPS) is 18.5. The molecule has 2 aliphatic heterocycles. The fraction of sp³-hybridized carbons (Fsp3) is 0.632. The Balaban J connectivity index is 1.42. The lowest BCUT2D eigenvalue weighted by Gasteiger charge is -2.31. The lowest BCUT2D eigenvalue weighted by molar-refractivity contribution is 0.0392. The summed E-state index contributed by atoms with van der Waals surface area (Å²) < 4.78 is 11.4. The Hall–Kier alpha value is -1.79. The van der Waals surface area contributed by atoms with Crippen molar-refractivity contribution in [2.45, 2.75) is 25.4 Å². The molecule has 2 aliphatic rings. The number of benzene rings is 1. The van der Waals surface area contributed by atoms with Crippen LogP contribution < -0.4 is 10.1 Å². The zero-order valence-corrected chi connectivity index (χ0v) is 15.4. The fourth-order valence-corrected chi connectivity index (χ4v) is 3.27. The van der Waals surface area contributed by atoms with Crippen LogP contribution in [0.25, 0.3) is 0 Å². The van der Waals surface area contributed by atoms with Gasteiger partial charge in [0.2, 0.25) is 0 Å². The second kappa shape index (κ2) is 9.06. The zero-order chi connectivity index (χ0) is 17.5. The van der Waals surface area contributed by atoms with Crippen molar-refractivity contribution in [1.29, 1.82) is 0 Å². The Morgan fingerprint density at radius 2 is 2.20 bits per heavy atom. The van der Waals surface area contributed by atoms with Crippen molar-refractivity contribution < 1.29 is 9.47 Å². The number of ether oxygens (including phenoxy) is 2. The van der Waals surface area contributed by atoms with Crippen LogP contribution in [-0.4, -0.2) is 75.4 Å². The molecule has 0 unspecified atom stereocenters. The van der Waals surface area contributed by atoms with E-state index in [4.69, 9.17) is 9.47 Å². The molecule has 1 saturated heterocycles. The Morgan fingerprint density at radius 1 is 1.36 bits per heavy atom. The molecule has 0 aromatic heterocycles. The van der Waals surface area contributed by atoms with Crippen LogP contribution in [0.1, 0.15) is 18.4 Å². The second-order valence-corrected chi connectivity index (χ2v) is 6.80. The highest BCUT2D eigenvalue weighted by Crippen LogP contribution is 2.15. The number of likely N-dealkylation sites (N-methyl/N-ethyl adjacent to an activating group) is 2. The minimum atomic E-state index is 0.622. The van der Waals surface area contributed by atoms with E-state index in [1.807, 2.05) is 6.07 Å². The summed E-state index contributed by atoms with van der Waals surface area (Å²) in [4.78, 5) is 8.99. The molecule has 138 valence electrons. The summed E-state index contributed by atoms with van der Waals surface area (Å²) in [5, 5.41) is 3.39. The van der Waals surface area contributed by atoms with Crippen molar-refractivity contribution in [2.75, 3.05) is 53.6 Å². The quantitative estimate of drug-likeness (QED) is 0.812. The Kier molecular flexibility index (Phi) is 6.53. The van der Waals surface area contributed by atoms with Crippen molar-refractivity contribution in [3.05, 3.63) is 29.8 Å². The van der Waals surface area contributed by atoms with Gasteiger partial charge in [-0.15, -0.1) is 0 Å². The van der Waals surface area contributed by atoms with Gasteiger partial charge in [-0.25, -0.2) is 0 Å². The second-order valence-electron chi connectivity index (χ2n) is 6.80. The third-order valence-electron chi connectivity index (χ3n) is 4.93. The third-order valence-corrected chi connectivity index (χ3v) is 4.93. The minimum Gasteiger partial charge on any atom is -0.492 e. The van der Waals surface area contributed by atoms with E-state index >= 15 is 0 Å². The summed E-state index contributed by atoms with van der Waals surface area (Å²) in [6.07, 6.45) is 2.24. The standard InChI is InChI=1S/C19H30N4O2/c1-22(17-6-11-24-12-7-17)10-13-25-18-5-3-4-16(14-18)15-21-19-20-8-9-23(19)2/h3-5,14,17H,6-13,15H2,1-2H3,(H,20,21). The van der Waals surface area contributed by atoms with Gasteiger partial charge in [0.05, 0.1) is 6.54 Å². The highest BCUT2D eigenvalue weighted by atomic mass is 16.5. The topological polar surface area (TPSA) is 49.3 Å². The predicted molar refractivity (Wildman–Crippen MR) is 100 cm³/mol. The van der Waals surface area contributed by atoms with Gasteiger partial charge in [-0.2, -0.15) is 0 Å². The SMILES string of the molecule is CN1CCN=C1NCc1cccc(OCCN(C)C2CCOCC2)c1. The molecule has 6 heteroatoms. The maximum absolute atomic E-state index is 5.96. The first kappa shape index (κ1) is 18.0. The van der Waals surface area contributed by atoms with E-state index in [1.54, 1.807) is 0 Å². The molecule has 2 heterocycles. The zero-order valence-electron chi connectivity index (χ0n) is 15.4. The molecule has 1 aromatic carbocycles. The van der Waals surface area contributed by atoms with E-state index < -0.39 is 0 Å². The van der Waals surface area contributed by atoms with Gasteiger partial charge >= 0.3 is 0 Å². The van der Waals surface area contributed by atoms with Crippen molar-refractivity contribution in [2.24, 2.45) is 4.99 Å². The number of guanidine groups is 1. The van der Waals surface area contributed by atoms with Gasteiger partial charge < -0.3 is 19.7 Å². The average molecular weight is 346 g/mol. The molecule has 3 rings (SSSR count). The minimum absolute atomic E-state index is 0.622. The smallest absolute Gasteiger partial charge is 0.194 e. The molecular weight excluding hydrogens is 316 g/mol. The highest BCUT2D eigenvalue weighted by Gasteiger charge is 2.18. The molecule has 0 bridgehead atoms. The highest BCUT2D eigenvalue weighted by molar-refractivity contribution is 5.81. The van der Waals surface area contributed by atoms with Crippen LogP contribution in [0.5, 0.6) is 5.75 Å². The van der Waals surface area contributed by atoms with Crippen LogP contribution in [0.2, 0.25) is 0 Å². The molecule has 0 spiro atoms. The van der Waals surface area contributed by atoms with Crippen LogP contribution in [0.15, 0.2) is 29.3 Å². The van der Waals surface area contributed by atoms with Gasteiger partial charge in [0.25, 0.3) is 0 Å². The van der Waals surface area contributed by atoms with E-state index in [1.165, 1.54) is 5.56 Å². The van der Waals surface area contributed by atoms with E-state index in [9.17, 15) is 0 Å². The van der Waals surface area contributed by atoms with E-state index in [0.29, 0.717) is 12.6 Å². The third kappa shape index (κ3) is 5.34. The van der Waals surface area contributed by atoms with E-state index in [0.717, 1.165) is 63.9 Å². The summed E-state index contributed by atoms with van der Waals surface area (Å²) >= 11 is 0. The molecule has 6 nitrogen and oxygen atoms in total. The Labute approximate surface area is 150 Å². The van der Waals surface area contributed by atoms with Crippen LogP contribution in [-0.2, 0) is 11.3 Å². The number of rotatable bonds is 7. The van der Waals surface area contributed by atoms with Crippen molar-refractivity contribution in [3.63, 3.8) is 0 Å². The first-order valence-electron chi connectivity index (χ1n) is 9.21. The molecule has 1 aromatic rings. The van der Waals surface area contributed by atoms with Crippen LogP contribution in [0.3, 0.4) is 0 Å². The van der Waals surface area contributed by atoms with Crippen LogP contribution in [0, 0.1) is 0 Å². The summed E-state index contributed by atoms with van der Waals surface area (Å²) in [5.41, 5.74) is 1.21. The summed E-state index contributed by atoms with van der Waals surface area (Å²) in [6, 6.07) is 8.92. The van der Waals surface area contributed by atoms with Gasteiger partial charge in [0.1, 0.15) is 12.4 Å². The Morgan fingerprint density at radius 3 is 2.96 bits per heavy atom. The maximum atomic E-state index is 5.96. The van der Waals surface area contributed by atoms with E-state index in [-0.39, 0.29) is 0 Å². The molecule has 0 saturated carbocycles. The van der Waals surface area contributed by atoms with Crippen molar-refractivity contribution >= 4 is 5.96 Å². The fourth-order valence-electron chi connectivity index (χ4n) is 3.27. The predicted octanol–water partition coefficient (Wildman–Crippen LogP) is 1.57. The summed E-state index contributed by atoms with van der Waals surface area (Å²) in [7, 11) is 4.24. The van der Waals surface area contributed by atoms with Crippen molar-refractivity contribution in [3.8, 4) is 5.75 Å². The molecule has 0 amide bonds. The average Bonchev–Trinajstić information content (AvgIpc) is 3.06. The lowest BCUT2D eigenvalue weighted by atomic mass is 10.1. The summed E-state index contributed by atoms with van der Waals surface area (Å²) in [6.45, 7) is 6.04. The maximum Gasteiger partial charge on any atom is 0.194 e. The Bertz CT molecular complexity index is 572. The molecular formula is C19H30N4O2.